The summed E-state index contributed by atoms with van der Waals surface area (Å²) in [4.78, 5) is 31.8. The van der Waals surface area contributed by atoms with Gasteiger partial charge < -0.3 is 25.4 Å². The highest BCUT2D eigenvalue weighted by molar-refractivity contribution is 6.00. The van der Waals surface area contributed by atoms with Gasteiger partial charge in [0.2, 0.25) is 0 Å². The van der Waals surface area contributed by atoms with Gasteiger partial charge in [0, 0.05) is 30.7 Å². The maximum absolute atomic E-state index is 14.4. The number of nitrogens with one attached hydrogen (secondary N) is 2. The third-order valence-electron chi connectivity index (χ3n) is 7.67. The van der Waals surface area contributed by atoms with Crippen LogP contribution in [0, 0.1) is 16.7 Å². The van der Waals surface area contributed by atoms with Gasteiger partial charge in [-0.3, -0.25) is 9.78 Å². The lowest BCUT2D eigenvalue weighted by Gasteiger charge is -2.58. The summed E-state index contributed by atoms with van der Waals surface area (Å²) in [6.45, 7) is 9.11. The topological polar surface area (TPSA) is 145 Å². The van der Waals surface area contributed by atoms with Gasteiger partial charge in [-0.25, -0.2) is 13.7 Å². The van der Waals surface area contributed by atoms with Crippen LogP contribution in [0.5, 0.6) is 0 Å². The van der Waals surface area contributed by atoms with Crippen LogP contribution < -0.4 is 10.6 Å². The number of carbonyl (C=O) groups is 2. The summed E-state index contributed by atoms with van der Waals surface area (Å²) in [6, 6.07) is 9.29. The lowest BCUT2D eigenvalue weighted by molar-refractivity contribution is -0.0738. The number of pyridine rings is 1. The lowest BCUT2D eigenvalue weighted by Crippen LogP contribution is -2.66. The molecule has 2 amide bonds. The average Bonchev–Trinajstić information content (AvgIpc) is 3.29. The Hall–Kier alpha value is -4.24. The molecule has 3 aromatic rings. The number of carbonyl (C=O) groups excluding carboxylic acids is 2. The number of aromatic nitrogens is 3. The minimum atomic E-state index is -1.65. The van der Waals surface area contributed by atoms with E-state index in [0.29, 0.717) is 35.7 Å². The van der Waals surface area contributed by atoms with E-state index in [-0.39, 0.29) is 29.7 Å². The number of alkyl halides is 1. The molecule has 42 heavy (non-hydrogen) atoms. The zero-order chi connectivity index (χ0) is 30.4. The van der Waals surface area contributed by atoms with E-state index in [0.717, 1.165) is 18.4 Å². The standard InChI is InChI=1S/C30H36FN7O4/c1-28(2,3)42-27(40)37-16-30(17-37)10-19(11-30)36-22-9-23(24-7-6-20-8-18(12-32)13-35-38(20)24)33-14-21(22)26(39)34-15-25(31)29(4,5)41/h6-9,13-14,19,25,41H,10-11,15-17H2,1-5H3,(H,33,36)(H,34,39)/t25-/m1/s1. The zero-order valence-corrected chi connectivity index (χ0v) is 24.4. The Labute approximate surface area is 243 Å². The number of nitriles is 1. The Morgan fingerprint density at radius 3 is 2.57 bits per heavy atom. The van der Waals surface area contributed by atoms with Crippen molar-refractivity contribution in [2.75, 3.05) is 25.0 Å². The SMILES string of the molecule is CC(C)(C)OC(=O)N1CC2(CC(Nc3cc(-c4ccc5cc(C#N)cnn45)ncc3C(=O)NC[C@@H](F)C(C)(C)O)C2)C1. The van der Waals surface area contributed by atoms with E-state index in [1.165, 1.54) is 26.2 Å². The predicted molar refractivity (Wildman–Crippen MR) is 154 cm³/mol. The van der Waals surface area contributed by atoms with Crippen molar-refractivity contribution in [1.82, 2.24) is 24.8 Å². The van der Waals surface area contributed by atoms with Crippen LogP contribution in [-0.4, -0.2) is 79.7 Å². The van der Waals surface area contributed by atoms with E-state index in [1.807, 2.05) is 32.9 Å². The van der Waals surface area contributed by atoms with Gasteiger partial charge in [-0.05, 0) is 71.7 Å². The zero-order valence-electron chi connectivity index (χ0n) is 24.4. The molecule has 1 saturated heterocycles. The number of anilines is 1. The molecule has 3 N–H and O–H groups in total. The highest BCUT2D eigenvalue weighted by atomic mass is 19.1. The number of fused-ring (bicyclic) bond motifs is 1. The molecule has 1 aliphatic carbocycles. The molecule has 0 unspecified atom stereocenters. The average molecular weight is 578 g/mol. The summed E-state index contributed by atoms with van der Waals surface area (Å²) in [7, 11) is 0. The fraction of sp³-hybridized carbons (Fsp3) is 0.500. The molecule has 3 aromatic heterocycles. The van der Waals surface area contributed by atoms with Crippen LogP contribution >= 0.6 is 0 Å². The second kappa shape index (κ2) is 10.5. The lowest BCUT2D eigenvalue weighted by atomic mass is 9.60. The Morgan fingerprint density at radius 1 is 1.21 bits per heavy atom. The highest BCUT2D eigenvalue weighted by Crippen LogP contribution is 2.49. The maximum Gasteiger partial charge on any atom is 0.410 e. The normalized spacial score (nSPS) is 17.2. The van der Waals surface area contributed by atoms with Crippen LogP contribution in [0.2, 0.25) is 0 Å². The molecule has 1 spiro atoms. The summed E-state index contributed by atoms with van der Waals surface area (Å²) in [5, 5.41) is 29.5. The van der Waals surface area contributed by atoms with E-state index in [2.05, 4.69) is 26.8 Å². The fourth-order valence-electron chi connectivity index (χ4n) is 5.46. The van der Waals surface area contributed by atoms with E-state index >= 15 is 0 Å². The van der Waals surface area contributed by atoms with Crippen molar-refractivity contribution in [1.29, 1.82) is 5.26 Å². The molecule has 1 aliphatic heterocycles. The fourth-order valence-corrected chi connectivity index (χ4v) is 5.46. The van der Waals surface area contributed by atoms with Crippen LogP contribution in [0.3, 0.4) is 0 Å². The molecule has 1 atom stereocenters. The molecule has 2 fully saturated rings. The van der Waals surface area contributed by atoms with Crippen molar-refractivity contribution >= 4 is 23.2 Å². The van der Waals surface area contributed by atoms with Crippen LogP contribution in [-0.2, 0) is 4.74 Å². The maximum atomic E-state index is 14.4. The second-order valence-electron chi connectivity index (χ2n) is 12.9. The quantitative estimate of drug-likeness (QED) is 0.383. The Kier molecular flexibility index (Phi) is 7.35. The largest absolute Gasteiger partial charge is 0.444 e. The second-order valence-corrected chi connectivity index (χ2v) is 12.9. The number of likely N-dealkylation sites (tertiary alicyclic amines) is 1. The summed E-state index contributed by atoms with van der Waals surface area (Å²) in [6.07, 6.45) is 2.57. The number of amides is 2. The first kappa shape index (κ1) is 29.3. The van der Waals surface area contributed by atoms with Crippen LogP contribution in [0.15, 0.2) is 36.7 Å². The molecule has 0 aromatic carbocycles. The predicted octanol–water partition coefficient (Wildman–Crippen LogP) is 3.92. The van der Waals surface area contributed by atoms with E-state index in [9.17, 15) is 24.3 Å². The summed E-state index contributed by atoms with van der Waals surface area (Å²) in [5.41, 5.74) is 1.04. The van der Waals surface area contributed by atoms with Gasteiger partial charge in [0.25, 0.3) is 5.91 Å². The molecule has 11 nitrogen and oxygen atoms in total. The van der Waals surface area contributed by atoms with Gasteiger partial charge in [0.1, 0.15) is 17.8 Å². The van der Waals surface area contributed by atoms with Crippen molar-refractivity contribution in [3.05, 3.63) is 47.8 Å². The van der Waals surface area contributed by atoms with Gasteiger partial charge in [0.05, 0.1) is 52.1 Å². The molecule has 4 heterocycles. The smallest absolute Gasteiger partial charge is 0.410 e. The van der Waals surface area contributed by atoms with Gasteiger partial charge in [-0.2, -0.15) is 10.4 Å². The van der Waals surface area contributed by atoms with Crippen molar-refractivity contribution in [2.24, 2.45) is 5.41 Å². The summed E-state index contributed by atoms with van der Waals surface area (Å²) < 4.78 is 21.5. The number of ether oxygens (including phenoxy) is 1. The number of aliphatic hydroxyl groups is 1. The van der Waals surface area contributed by atoms with Crippen molar-refractivity contribution in [3.8, 4) is 17.5 Å². The monoisotopic (exact) mass is 577 g/mol. The van der Waals surface area contributed by atoms with Gasteiger partial charge in [-0.15, -0.1) is 0 Å². The number of hydrogen-bond acceptors (Lipinski definition) is 8. The first-order valence-corrected chi connectivity index (χ1v) is 13.9. The van der Waals surface area contributed by atoms with Crippen molar-refractivity contribution in [2.45, 2.75) is 70.9 Å². The summed E-state index contributed by atoms with van der Waals surface area (Å²) >= 11 is 0. The highest BCUT2D eigenvalue weighted by Gasteiger charge is 2.54. The molecule has 0 bridgehead atoms. The van der Waals surface area contributed by atoms with Crippen LogP contribution in [0.1, 0.15) is 63.4 Å². The molecule has 2 aliphatic rings. The van der Waals surface area contributed by atoms with Gasteiger partial charge in [0.15, 0.2) is 0 Å². The van der Waals surface area contributed by atoms with Crippen LogP contribution in [0.25, 0.3) is 16.9 Å². The van der Waals surface area contributed by atoms with Crippen LogP contribution in [0.4, 0.5) is 14.9 Å². The molecular formula is C30H36FN7O4. The minimum Gasteiger partial charge on any atom is -0.444 e. The van der Waals surface area contributed by atoms with Crippen molar-refractivity contribution < 1.29 is 23.8 Å². The minimum absolute atomic E-state index is 0.0150. The first-order chi connectivity index (χ1) is 19.7. The molecule has 5 rings (SSSR count). The third-order valence-corrected chi connectivity index (χ3v) is 7.67. The van der Waals surface area contributed by atoms with Gasteiger partial charge in [-0.1, -0.05) is 0 Å². The first-order valence-electron chi connectivity index (χ1n) is 13.9. The molecule has 1 saturated carbocycles. The Balaban J connectivity index is 1.34. The number of hydrogen-bond donors (Lipinski definition) is 3. The van der Waals surface area contributed by atoms with Crippen molar-refractivity contribution in [3.63, 3.8) is 0 Å². The van der Waals surface area contributed by atoms with E-state index in [4.69, 9.17) is 4.74 Å². The van der Waals surface area contributed by atoms with E-state index < -0.39 is 23.3 Å². The molecular weight excluding hydrogens is 541 g/mol. The number of rotatable bonds is 7. The Bertz CT molecular complexity index is 1550. The Morgan fingerprint density at radius 2 is 1.93 bits per heavy atom. The summed E-state index contributed by atoms with van der Waals surface area (Å²) in [5.74, 6) is -0.519. The third kappa shape index (κ3) is 6.01. The number of halogens is 1. The van der Waals surface area contributed by atoms with Gasteiger partial charge >= 0.3 is 6.09 Å². The molecule has 222 valence electrons. The molecule has 0 radical (unpaired) electrons. The van der Waals surface area contributed by atoms with E-state index in [1.54, 1.807) is 21.5 Å². The molecule has 12 heteroatoms. The number of nitrogens with zero attached hydrogens (tertiary/aromatic N) is 5.